The van der Waals surface area contributed by atoms with Crippen LogP contribution in [0.1, 0.15) is 17.1 Å². The number of amides is 1. The first-order valence-corrected chi connectivity index (χ1v) is 6.31. The standard InChI is InChI=1S/C12H14N2O2S/c1-8-14-11(7-17-8)9-2-3-10(6-9)12(16)13-4-5-15/h2,6-7,15H,3-5H2,1H3,(H,13,16). The molecule has 1 heterocycles. The first-order chi connectivity index (χ1) is 8.20. The number of nitrogens with zero attached hydrogens (tertiary/aromatic N) is 1. The number of thiazole rings is 1. The maximum Gasteiger partial charge on any atom is 0.247 e. The molecule has 1 aliphatic carbocycles. The number of allylic oxidation sites excluding steroid dienone is 3. The molecule has 0 saturated carbocycles. The van der Waals surface area contributed by atoms with Gasteiger partial charge in [-0.05, 0) is 25.0 Å². The van der Waals surface area contributed by atoms with Crippen molar-refractivity contribution in [2.75, 3.05) is 13.2 Å². The van der Waals surface area contributed by atoms with Gasteiger partial charge < -0.3 is 10.4 Å². The molecule has 0 spiro atoms. The molecule has 0 aromatic carbocycles. The van der Waals surface area contributed by atoms with Crippen LogP contribution in [0, 0.1) is 6.92 Å². The molecule has 17 heavy (non-hydrogen) atoms. The summed E-state index contributed by atoms with van der Waals surface area (Å²) in [6, 6.07) is 0. The van der Waals surface area contributed by atoms with Crippen molar-refractivity contribution in [1.82, 2.24) is 10.3 Å². The molecule has 2 N–H and O–H groups in total. The van der Waals surface area contributed by atoms with Gasteiger partial charge >= 0.3 is 0 Å². The first-order valence-electron chi connectivity index (χ1n) is 5.43. The van der Waals surface area contributed by atoms with Crippen LogP contribution in [0.3, 0.4) is 0 Å². The molecule has 5 heteroatoms. The van der Waals surface area contributed by atoms with Crippen LogP contribution in [-0.2, 0) is 4.79 Å². The van der Waals surface area contributed by atoms with Crippen LogP contribution in [0.15, 0.2) is 23.1 Å². The third-order valence-corrected chi connectivity index (χ3v) is 3.25. The Labute approximate surface area is 104 Å². The van der Waals surface area contributed by atoms with E-state index in [-0.39, 0.29) is 12.5 Å². The number of aromatic nitrogens is 1. The second kappa shape index (κ2) is 5.25. The number of aliphatic hydroxyl groups excluding tert-OH is 1. The summed E-state index contributed by atoms with van der Waals surface area (Å²) in [5, 5.41) is 14.3. The van der Waals surface area contributed by atoms with E-state index in [9.17, 15) is 4.79 Å². The third kappa shape index (κ3) is 2.81. The Morgan fingerprint density at radius 2 is 2.47 bits per heavy atom. The van der Waals surface area contributed by atoms with Gasteiger partial charge in [0.15, 0.2) is 0 Å². The molecule has 2 rings (SSSR count). The zero-order valence-corrected chi connectivity index (χ0v) is 10.4. The number of hydrogen-bond donors (Lipinski definition) is 2. The van der Waals surface area contributed by atoms with E-state index in [0.717, 1.165) is 21.8 Å². The molecule has 0 fully saturated rings. The summed E-state index contributed by atoms with van der Waals surface area (Å²) in [5.41, 5.74) is 2.65. The normalized spacial score (nSPS) is 14.5. The van der Waals surface area contributed by atoms with Crippen molar-refractivity contribution in [3.63, 3.8) is 0 Å². The predicted octanol–water partition coefficient (Wildman–Crippen LogP) is 1.27. The van der Waals surface area contributed by atoms with Crippen molar-refractivity contribution in [1.29, 1.82) is 0 Å². The number of aryl methyl sites for hydroxylation is 1. The molecule has 90 valence electrons. The smallest absolute Gasteiger partial charge is 0.247 e. The summed E-state index contributed by atoms with van der Waals surface area (Å²) in [5.74, 6) is -0.114. The zero-order chi connectivity index (χ0) is 12.3. The van der Waals surface area contributed by atoms with E-state index in [0.29, 0.717) is 13.0 Å². The van der Waals surface area contributed by atoms with Gasteiger partial charge in [-0.2, -0.15) is 0 Å². The summed E-state index contributed by atoms with van der Waals surface area (Å²) < 4.78 is 0. The van der Waals surface area contributed by atoms with E-state index in [1.165, 1.54) is 0 Å². The third-order valence-electron chi connectivity index (χ3n) is 2.48. The molecule has 0 atom stereocenters. The number of nitrogens with one attached hydrogen (secondary N) is 1. The van der Waals surface area contributed by atoms with Crippen molar-refractivity contribution in [2.24, 2.45) is 0 Å². The highest BCUT2D eigenvalue weighted by molar-refractivity contribution is 7.09. The average molecular weight is 250 g/mol. The number of rotatable bonds is 4. The molecule has 1 aromatic rings. The minimum Gasteiger partial charge on any atom is -0.395 e. The van der Waals surface area contributed by atoms with Crippen LogP contribution >= 0.6 is 11.3 Å². The molecule has 1 aromatic heterocycles. The maximum absolute atomic E-state index is 11.6. The Hall–Kier alpha value is -1.46. The Kier molecular flexibility index (Phi) is 3.71. The Morgan fingerprint density at radius 1 is 1.65 bits per heavy atom. The predicted molar refractivity (Wildman–Crippen MR) is 67.6 cm³/mol. The van der Waals surface area contributed by atoms with Gasteiger partial charge in [0, 0.05) is 17.5 Å². The van der Waals surface area contributed by atoms with Crippen molar-refractivity contribution in [3.8, 4) is 0 Å². The second-order valence-corrected chi connectivity index (χ2v) is 4.83. The van der Waals surface area contributed by atoms with Gasteiger partial charge in [-0.25, -0.2) is 4.98 Å². The summed E-state index contributed by atoms with van der Waals surface area (Å²) in [6.45, 7) is 2.22. The topological polar surface area (TPSA) is 62.2 Å². The number of carbonyl (C=O) groups excluding carboxylic acids is 1. The minimum atomic E-state index is -0.114. The van der Waals surface area contributed by atoms with Gasteiger partial charge in [-0.1, -0.05) is 6.08 Å². The van der Waals surface area contributed by atoms with Gasteiger partial charge in [-0.3, -0.25) is 4.79 Å². The van der Waals surface area contributed by atoms with Crippen LogP contribution in [0.4, 0.5) is 0 Å². The highest BCUT2D eigenvalue weighted by Crippen LogP contribution is 2.27. The number of hydrogen-bond acceptors (Lipinski definition) is 4. The zero-order valence-electron chi connectivity index (χ0n) is 9.56. The Morgan fingerprint density at radius 3 is 3.12 bits per heavy atom. The summed E-state index contributed by atoms with van der Waals surface area (Å²) in [6.07, 6.45) is 4.49. The van der Waals surface area contributed by atoms with E-state index in [2.05, 4.69) is 10.3 Å². The molecular weight excluding hydrogens is 236 g/mol. The fraction of sp³-hybridized carbons (Fsp3) is 0.333. The van der Waals surface area contributed by atoms with E-state index in [4.69, 9.17) is 5.11 Å². The number of carbonyl (C=O) groups is 1. The summed E-state index contributed by atoms with van der Waals surface area (Å²) >= 11 is 1.60. The largest absolute Gasteiger partial charge is 0.395 e. The highest BCUT2D eigenvalue weighted by Gasteiger charge is 2.15. The van der Waals surface area contributed by atoms with Gasteiger partial charge in [-0.15, -0.1) is 11.3 Å². The SMILES string of the molecule is Cc1nc(C2=CCC(C(=O)NCCO)=C2)cs1. The maximum atomic E-state index is 11.6. The molecule has 1 amide bonds. The van der Waals surface area contributed by atoms with Crippen LogP contribution in [0.5, 0.6) is 0 Å². The highest BCUT2D eigenvalue weighted by atomic mass is 32.1. The molecule has 0 unspecified atom stereocenters. The van der Waals surface area contributed by atoms with Crippen LogP contribution in [0.2, 0.25) is 0 Å². The van der Waals surface area contributed by atoms with Crippen molar-refractivity contribution in [2.45, 2.75) is 13.3 Å². The lowest BCUT2D eigenvalue weighted by atomic mass is 10.2. The van der Waals surface area contributed by atoms with Gasteiger partial charge in [0.05, 0.1) is 17.3 Å². The van der Waals surface area contributed by atoms with Crippen LogP contribution in [0.25, 0.3) is 5.57 Å². The lowest BCUT2D eigenvalue weighted by Gasteiger charge is -2.02. The van der Waals surface area contributed by atoms with Crippen molar-refractivity contribution < 1.29 is 9.90 Å². The van der Waals surface area contributed by atoms with E-state index < -0.39 is 0 Å². The Balaban J connectivity index is 2.04. The summed E-state index contributed by atoms with van der Waals surface area (Å²) in [4.78, 5) is 16.0. The second-order valence-electron chi connectivity index (χ2n) is 3.76. The fourth-order valence-corrected chi connectivity index (χ4v) is 2.26. The molecule has 0 aliphatic heterocycles. The lowest BCUT2D eigenvalue weighted by Crippen LogP contribution is -2.27. The van der Waals surface area contributed by atoms with Crippen molar-refractivity contribution in [3.05, 3.63) is 33.8 Å². The average Bonchev–Trinajstić information content (AvgIpc) is 2.93. The minimum absolute atomic E-state index is 0.0371. The summed E-state index contributed by atoms with van der Waals surface area (Å²) in [7, 11) is 0. The molecule has 4 nitrogen and oxygen atoms in total. The van der Waals surface area contributed by atoms with Gasteiger partial charge in [0.2, 0.25) is 5.91 Å². The first kappa shape index (κ1) is 12.0. The van der Waals surface area contributed by atoms with Gasteiger partial charge in [0.1, 0.15) is 0 Å². The van der Waals surface area contributed by atoms with Gasteiger partial charge in [0.25, 0.3) is 0 Å². The van der Waals surface area contributed by atoms with Crippen LogP contribution < -0.4 is 5.32 Å². The Bertz CT molecular complexity index is 488. The van der Waals surface area contributed by atoms with Crippen LogP contribution in [-0.4, -0.2) is 29.1 Å². The van der Waals surface area contributed by atoms with Crippen molar-refractivity contribution >= 4 is 22.8 Å². The molecule has 0 radical (unpaired) electrons. The number of aliphatic hydroxyl groups is 1. The monoisotopic (exact) mass is 250 g/mol. The molecule has 0 bridgehead atoms. The molecule has 1 aliphatic rings. The van der Waals surface area contributed by atoms with E-state index in [1.54, 1.807) is 11.3 Å². The van der Waals surface area contributed by atoms with E-state index >= 15 is 0 Å². The fourth-order valence-electron chi connectivity index (χ4n) is 1.64. The molecule has 0 saturated heterocycles. The molecular formula is C12H14N2O2S. The lowest BCUT2D eigenvalue weighted by molar-refractivity contribution is -0.117. The van der Waals surface area contributed by atoms with E-state index in [1.807, 2.05) is 24.5 Å². The quantitative estimate of drug-likeness (QED) is 0.846.